The molecule has 1 atom stereocenters. The Balaban J connectivity index is 0.00000121. The monoisotopic (exact) mass is 476 g/mol. The molecule has 2 aliphatic rings. The van der Waals surface area contributed by atoms with Gasteiger partial charge in [-0.1, -0.05) is 73.7 Å². The van der Waals surface area contributed by atoms with Crippen LogP contribution in [0.25, 0.3) is 11.1 Å². The molecule has 0 spiro atoms. The molecule has 140 valence electrons. The minimum Gasteiger partial charge on any atom is -1.00 e. The molecule has 2 aromatic rings. The molecule has 2 aliphatic carbocycles. The predicted molar refractivity (Wildman–Crippen MR) is 100 cm³/mol. The number of hydrogen-bond donors (Lipinski definition) is 1. The van der Waals surface area contributed by atoms with Crippen LogP contribution in [0.5, 0.6) is 0 Å². The van der Waals surface area contributed by atoms with Gasteiger partial charge in [0.25, 0.3) is 0 Å². The summed E-state index contributed by atoms with van der Waals surface area (Å²) in [5, 5.41) is 9.83. The zero-order valence-corrected chi connectivity index (χ0v) is 19.4. The summed E-state index contributed by atoms with van der Waals surface area (Å²) in [7, 11) is 0. The first-order chi connectivity index (χ1) is 11.8. The van der Waals surface area contributed by atoms with Crippen LogP contribution < -0.4 is 24.8 Å². The number of benzene rings is 2. The van der Waals surface area contributed by atoms with E-state index in [-0.39, 0.29) is 63.0 Å². The topological polar surface area (TPSA) is 20.2 Å². The van der Waals surface area contributed by atoms with Gasteiger partial charge in [-0.2, -0.15) is 0 Å². The molecule has 0 heterocycles. The summed E-state index contributed by atoms with van der Waals surface area (Å²) in [4.78, 5) is 0. The number of fused-ring (bicyclic) bond motifs is 3. The number of rotatable bonds is 5. The van der Waals surface area contributed by atoms with Crippen LogP contribution in [0.2, 0.25) is 0 Å². The summed E-state index contributed by atoms with van der Waals surface area (Å²) in [6.45, 7) is 2.49. The molecule has 0 fully saturated rings. The van der Waals surface area contributed by atoms with Crippen LogP contribution in [0, 0.1) is 5.92 Å². The molecule has 0 bridgehead atoms. The maximum Gasteiger partial charge on any atom is 2.00 e. The van der Waals surface area contributed by atoms with E-state index in [1.165, 1.54) is 27.8 Å². The largest absolute Gasteiger partial charge is 2.00 e. The molecule has 0 amide bonds. The predicted octanol–water partition coefficient (Wildman–Crippen LogP) is -0.964. The molecule has 1 nitrogen and oxygen atoms in total. The van der Waals surface area contributed by atoms with Crippen molar-refractivity contribution in [2.75, 3.05) is 6.61 Å². The second-order valence-corrected chi connectivity index (χ2v) is 6.94. The fourth-order valence-electron chi connectivity index (χ4n) is 4.71. The summed E-state index contributed by atoms with van der Waals surface area (Å²) in [6.07, 6.45) is 11.7. The van der Waals surface area contributed by atoms with Gasteiger partial charge in [-0.25, -0.2) is 0 Å². The van der Waals surface area contributed by atoms with Gasteiger partial charge in [0.2, 0.25) is 0 Å². The smallest absolute Gasteiger partial charge is 1.00 e. The van der Waals surface area contributed by atoms with Crippen LogP contribution in [0.1, 0.15) is 36.5 Å². The minimum absolute atomic E-state index is 0. The average Bonchev–Trinajstić information content (AvgIpc) is 3.27. The van der Waals surface area contributed by atoms with Gasteiger partial charge in [-0.05, 0) is 47.1 Å². The van der Waals surface area contributed by atoms with E-state index in [4.69, 9.17) is 0 Å². The van der Waals surface area contributed by atoms with Gasteiger partial charge in [-0.3, -0.25) is 0 Å². The SMILES string of the molecule is CCC(CCO)(c1cccc2c1Cc1ccccc1-2)C1C=CC=C1.[Cl-].[Cl-].[Zr+2]. The van der Waals surface area contributed by atoms with Crippen molar-refractivity contribution in [3.05, 3.63) is 83.5 Å². The molecule has 1 unspecified atom stereocenters. The van der Waals surface area contributed by atoms with Gasteiger partial charge in [0.15, 0.2) is 0 Å². The van der Waals surface area contributed by atoms with E-state index >= 15 is 0 Å². The summed E-state index contributed by atoms with van der Waals surface area (Å²) in [5.41, 5.74) is 7.04. The third-order valence-electron chi connectivity index (χ3n) is 5.96. The Bertz CT molecular complexity index is 819. The average molecular weight is 479 g/mol. The van der Waals surface area contributed by atoms with E-state index in [1.54, 1.807) is 0 Å². The third kappa shape index (κ3) is 4.06. The van der Waals surface area contributed by atoms with E-state index < -0.39 is 0 Å². The number of allylic oxidation sites excluding steroid dienone is 4. The molecule has 4 rings (SSSR count). The first-order valence-corrected chi connectivity index (χ1v) is 8.96. The van der Waals surface area contributed by atoms with E-state index in [2.05, 4.69) is 73.7 Å². The Morgan fingerprint density at radius 3 is 2.30 bits per heavy atom. The summed E-state index contributed by atoms with van der Waals surface area (Å²) < 4.78 is 0. The maximum atomic E-state index is 9.83. The summed E-state index contributed by atoms with van der Waals surface area (Å²) >= 11 is 0. The van der Waals surface area contributed by atoms with Crippen molar-refractivity contribution in [2.45, 2.75) is 31.6 Å². The fraction of sp³-hybridized carbons (Fsp3) is 0.304. The zero-order chi connectivity index (χ0) is 16.6. The van der Waals surface area contributed by atoms with Crippen LogP contribution in [0.15, 0.2) is 66.8 Å². The van der Waals surface area contributed by atoms with Crippen molar-refractivity contribution >= 4 is 0 Å². The Morgan fingerprint density at radius 2 is 1.63 bits per heavy atom. The van der Waals surface area contributed by atoms with E-state index in [0.717, 1.165) is 19.3 Å². The second kappa shape index (κ2) is 10.2. The summed E-state index contributed by atoms with van der Waals surface area (Å²) in [6, 6.07) is 15.5. The minimum atomic E-state index is -0.0222. The van der Waals surface area contributed by atoms with Crippen molar-refractivity contribution in [3.8, 4) is 11.1 Å². The first-order valence-electron chi connectivity index (χ1n) is 8.96. The van der Waals surface area contributed by atoms with Gasteiger partial charge < -0.3 is 29.9 Å². The molecule has 2 aromatic carbocycles. The molecule has 0 saturated carbocycles. The van der Waals surface area contributed by atoms with Crippen molar-refractivity contribution in [1.82, 2.24) is 0 Å². The quantitative estimate of drug-likeness (QED) is 0.501. The number of aliphatic hydroxyl groups is 1. The molecule has 0 saturated heterocycles. The molecule has 0 aliphatic heterocycles. The van der Waals surface area contributed by atoms with E-state index in [0.29, 0.717) is 5.92 Å². The van der Waals surface area contributed by atoms with Crippen molar-refractivity contribution in [1.29, 1.82) is 0 Å². The standard InChI is InChI=1S/C23H24O.2ClH.Zr/c1-2-23(14-15-24,18-9-4-5-10-18)22-13-7-12-20-19-11-6-3-8-17(19)16-21(20)22;;;/h3-13,18,24H,2,14-16H2,1H3;2*1H;/q;;;+2/p-2. The fourth-order valence-corrected chi connectivity index (χ4v) is 4.71. The van der Waals surface area contributed by atoms with Crippen LogP contribution in [-0.2, 0) is 38.0 Å². The first kappa shape index (κ1) is 24.4. The Hall–Kier alpha value is -0.657. The third-order valence-corrected chi connectivity index (χ3v) is 5.96. The molecule has 27 heavy (non-hydrogen) atoms. The van der Waals surface area contributed by atoms with Gasteiger partial charge in [0.1, 0.15) is 0 Å². The normalized spacial score (nSPS) is 15.8. The van der Waals surface area contributed by atoms with Gasteiger partial charge >= 0.3 is 26.2 Å². The summed E-state index contributed by atoms with van der Waals surface area (Å²) in [5.74, 6) is 0.366. The number of halogens is 2. The second-order valence-electron chi connectivity index (χ2n) is 6.94. The molecule has 0 aromatic heterocycles. The zero-order valence-electron chi connectivity index (χ0n) is 15.5. The van der Waals surface area contributed by atoms with Crippen LogP contribution >= 0.6 is 0 Å². The Kier molecular flexibility index (Phi) is 9.22. The molecular weight excluding hydrogens is 454 g/mol. The van der Waals surface area contributed by atoms with Crippen LogP contribution in [-0.4, -0.2) is 11.7 Å². The van der Waals surface area contributed by atoms with Gasteiger partial charge in [0, 0.05) is 17.9 Å². The van der Waals surface area contributed by atoms with E-state index in [9.17, 15) is 5.11 Å². The van der Waals surface area contributed by atoms with Crippen molar-refractivity contribution in [2.24, 2.45) is 5.92 Å². The van der Waals surface area contributed by atoms with E-state index in [1.807, 2.05) is 0 Å². The molecule has 1 N–H and O–H groups in total. The van der Waals surface area contributed by atoms with Gasteiger partial charge in [0.05, 0.1) is 0 Å². The van der Waals surface area contributed by atoms with Gasteiger partial charge in [-0.15, -0.1) is 0 Å². The Morgan fingerprint density at radius 1 is 0.963 bits per heavy atom. The molecule has 4 heteroatoms. The number of aliphatic hydroxyl groups excluding tert-OH is 1. The number of hydrogen-bond acceptors (Lipinski definition) is 1. The molecule has 0 radical (unpaired) electrons. The van der Waals surface area contributed by atoms with Crippen LogP contribution in [0.3, 0.4) is 0 Å². The van der Waals surface area contributed by atoms with Crippen LogP contribution in [0.4, 0.5) is 0 Å². The maximum absolute atomic E-state index is 9.83. The van der Waals surface area contributed by atoms with Crippen molar-refractivity contribution in [3.63, 3.8) is 0 Å². The Labute approximate surface area is 193 Å². The molecular formula is C23H24Cl2OZr. The van der Waals surface area contributed by atoms with Crippen molar-refractivity contribution < 1.29 is 56.1 Å².